The normalized spacial score (nSPS) is 13.3. The van der Waals surface area contributed by atoms with E-state index in [2.05, 4.69) is 0 Å². The lowest BCUT2D eigenvalue weighted by atomic mass is 10.0. The van der Waals surface area contributed by atoms with Crippen LogP contribution in [0.3, 0.4) is 0 Å². The molecule has 0 spiro atoms. The van der Waals surface area contributed by atoms with E-state index in [4.69, 9.17) is 11.0 Å². The second-order valence-electron chi connectivity index (χ2n) is 3.16. The zero-order valence-electron chi connectivity index (χ0n) is 7.75. The van der Waals surface area contributed by atoms with Gasteiger partial charge < -0.3 is 5.73 Å². The molecule has 1 unspecified atom stereocenters. The van der Waals surface area contributed by atoms with Crippen LogP contribution in [0.15, 0.2) is 24.3 Å². The first-order valence-electron chi connectivity index (χ1n) is 4.25. The van der Waals surface area contributed by atoms with Crippen LogP contribution in [0.4, 0.5) is 13.2 Å². The Balaban J connectivity index is 2.75. The zero-order valence-corrected chi connectivity index (χ0v) is 7.75. The van der Waals surface area contributed by atoms with E-state index in [0.29, 0.717) is 11.1 Å². The van der Waals surface area contributed by atoms with Crippen molar-refractivity contribution in [2.45, 2.75) is 18.6 Å². The van der Waals surface area contributed by atoms with Crippen LogP contribution in [0.25, 0.3) is 0 Å². The van der Waals surface area contributed by atoms with Crippen molar-refractivity contribution in [3.8, 4) is 6.07 Å². The predicted molar refractivity (Wildman–Crippen MR) is 48.8 cm³/mol. The number of benzene rings is 1. The minimum absolute atomic E-state index is 0.381. The lowest BCUT2D eigenvalue weighted by molar-refractivity contribution is -0.138. The van der Waals surface area contributed by atoms with Crippen LogP contribution in [0.2, 0.25) is 0 Å². The minimum Gasteiger partial charge on any atom is -0.324 e. The molecular weight excluding hydrogens is 205 g/mol. The lowest BCUT2D eigenvalue weighted by Crippen LogP contribution is -2.20. The molecule has 0 aromatic heterocycles. The van der Waals surface area contributed by atoms with E-state index in [9.17, 15) is 13.2 Å². The van der Waals surface area contributed by atoms with Crippen molar-refractivity contribution in [1.82, 2.24) is 0 Å². The van der Waals surface area contributed by atoms with Crippen LogP contribution >= 0.6 is 0 Å². The summed E-state index contributed by atoms with van der Waals surface area (Å²) in [5.74, 6) is 0. The van der Waals surface area contributed by atoms with Gasteiger partial charge in [0.2, 0.25) is 0 Å². The number of rotatable bonds is 2. The Kier molecular flexibility index (Phi) is 3.32. The fraction of sp³-hybridized carbons (Fsp3) is 0.300. The first-order chi connectivity index (χ1) is 6.92. The fourth-order valence-electron chi connectivity index (χ4n) is 1.17. The zero-order chi connectivity index (χ0) is 11.5. The predicted octanol–water partition coefficient (Wildman–Crippen LogP) is 2.51. The fourth-order valence-corrected chi connectivity index (χ4v) is 1.17. The third kappa shape index (κ3) is 3.60. The molecule has 0 radical (unpaired) electrons. The van der Waals surface area contributed by atoms with Gasteiger partial charge in [-0.2, -0.15) is 18.4 Å². The molecular formula is C10H9F3N2. The summed E-state index contributed by atoms with van der Waals surface area (Å²) >= 11 is 0. The van der Waals surface area contributed by atoms with Gasteiger partial charge in [-0.25, -0.2) is 0 Å². The van der Waals surface area contributed by atoms with E-state index in [1.807, 2.05) is 6.07 Å². The van der Waals surface area contributed by atoms with Crippen molar-refractivity contribution in [2.75, 3.05) is 0 Å². The lowest BCUT2D eigenvalue weighted by Gasteiger charge is -2.14. The maximum Gasteiger partial charge on any atom is 0.390 e. The van der Waals surface area contributed by atoms with Gasteiger partial charge in [0, 0.05) is 6.04 Å². The molecule has 1 rings (SSSR count). The van der Waals surface area contributed by atoms with Crippen molar-refractivity contribution in [1.29, 1.82) is 5.26 Å². The highest BCUT2D eigenvalue weighted by molar-refractivity contribution is 5.32. The second-order valence-corrected chi connectivity index (χ2v) is 3.16. The van der Waals surface area contributed by atoms with Gasteiger partial charge in [-0.15, -0.1) is 0 Å². The third-order valence-electron chi connectivity index (χ3n) is 1.92. The molecule has 15 heavy (non-hydrogen) atoms. The van der Waals surface area contributed by atoms with Crippen molar-refractivity contribution in [3.05, 3.63) is 35.4 Å². The molecule has 0 aliphatic carbocycles. The van der Waals surface area contributed by atoms with Crippen LogP contribution in [0.5, 0.6) is 0 Å². The van der Waals surface area contributed by atoms with Gasteiger partial charge in [0.25, 0.3) is 0 Å². The first-order valence-corrected chi connectivity index (χ1v) is 4.25. The number of halogens is 3. The Hall–Kier alpha value is -1.54. The molecule has 0 bridgehead atoms. The number of nitriles is 1. The maximum atomic E-state index is 12.0. The molecule has 1 aromatic rings. The van der Waals surface area contributed by atoms with Gasteiger partial charge in [-0.1, -0.05) is 12.1 Å². The quantitative estimate of drug-likeness (QED) is 0.822. The van der Waals surface area contributed by atoms with Gasteiger partial charge in [-0.05, 0) is 17.7 Å². The van der Waals surface area contributed by atoms with Crippen LogP contribution in [0.1, 0.15) is 23.6 Å². The molecule has 0 aliphatic heterocycles. The molecule has 0 heterocycles. The molecule has 1 aromatic carbocycles. The third-order valence-corrected chi connectivity index (χ3v) is 1.92. The summed E-state index contributed by atoms with van der Waals surface area (Å²) in [5.41, 5.74) is 6.15. The molecule has 0 aliphatic rings. The minimum atomic E-state index is -4.27. The van der Waals surface area contributed by atoms with Crippen molar-refractivity contribution < 1.29 is 13.2 Å². The van der Waals surface area contributed by atoms with Gasteiger partial charge in [0.05, 0.1) is 18.1 Å². The Bertz CT molecular complexity index is 362. The topological polar surface area (TPSA) is 49.8 Å². The highest BCUT2D eigenvalue weighted by Gasteiger charge is 2.30. The van der Waals surface area contributed by atoms with Crippen molar-refractivity contribution in [3.63, 3.8) is 0 Å². The molecule has 5 heteroatoms. The molecule has 2 N–H and O–H groups in total. The van der Waals surface area contributed by atoms with E-state index in [-0.39, 0.29) is 0 Å². The summed E-state index contributed by atoms with van der Waals surface area (Å²) in [5, 5.41) is 8.49. The highest BCUT2D eigenvalue weighted by Crippen LogP contribution is 2.27. The van der Waals surface area contributed by atoms with Crippen LogP contribution in [0, 0.1) is 11.3 Å². The number of hydrogen-bond acceptors (Lipinski definition) is 2. The molecule has 2 nitrogen and oxygen atoms in total. The average Bonchev–Trinajstić information content (AvgIpc) is 2.15. The number of hydrogen-bond donors (Lipinski definition) is 1. The standard InChI is InChI=1S/C10H9F3N2/c11-10(12,13)5-9(15)8-3-1-7(6-14)2-4-8/h1-4,9H,5,15H2. The van der Waals surface area contributed by atoms with Crippen LogP contribution < -0.4 is 5.73 Å². The second kappa shape index (κ2) is 4.32. The highest BCUT2D eigenvalue weighted by atomic mass is 19.4. The van der Waals surface area contributed by atoms with Crippen molar-refractivity contribution in [2.24, 2.45) is 5.73 Å². The van der Waals surface area contributed by atoms with E-state index >= 15 is 0 Å². The summed E-state index contributed by atoms with van der Waals surface area (Å²) in [6.07, 6.45) is -5.33. The molecule has 1 atom stereocenters. The Morgan fingerprint density at radius 1 is 1.27 bits per heavy atom. The van der Waals surface area contributed by atoms with Crippen LogP contribution in [-0.2, 0) is 0 Å². The smallest absolute Gasteiger partial charge is 0.324 e. The van der Waals surface area contributed by atoms with Gasteiger partial charge >= 0.3 is 6.18 Å². The summed E-state index contributed by atoms with van der Waals surface area (Å²) in [6.45, 7) is 0. The monoisotopic (exact) mass is 214 g/mol. The van der Waals surface area contributed by atoms with Gasteiger partial charge in [-0.3, -0.25) is 0 Å². The molecule has 80 valence electrons. The number of nitrogens with zero attached hydrogens (tertiary/aromatic N) is 1. The largest absolute Gasteiger partial charge is 0.390 e. The van der Waals surface area contributed by atoms with E-state index in [0.717, 1.165) is 0 Å². The summed E-state index contributed by atoms with van der Waals surface area (Å²) in [7, 11) is 0. The summed E-state index contributed by atoms with van der Waals surface area (Å²) in [6, 6.07) is 6.59. The van der Waals surface area contributed by atoms with Gasteiger partial charge in [0.1, 0.15) is 0 Å². The molecule has 0 amide bonds. The maximum absolute atomic E-state index is 12.0. The number of alkyl halides is 3. The Morgan fingerprint density at radius 2 is 1.80 bits per heavy atom. The van der Waals surface area contributed by atoms with Crippen molar-refractivity contribution >= 4 is 0 Å². The van der Waals surface area contributed by atoms with Gasteiger partial charge in [0.15, 0.2) is 0 Å². The first kappa shape index (κ1) is 11.5. The molecule has 0 saturated carbocycles. The van der Waals surface area contributed by atoms with Crippen LogP contribution in [-0.4, -0.2) is 6.18 Å². The molecule has 0 saturated heterocycles. The SMILES string of the molecule is N#Cc1ccc(C(N)CC(F)(F)F)cc1. The van der Waals surface area contributed by atoms with E-state index < -0.39 is 18.6 Å². The van der Waals surface area contributed by atoms with E-state index in [1.54, 1.807) is 0 Å². The Labute approximate surface area is 85.1 Å². The van der Waals surface area contributed by atoms with E-state index in [1.165, 1.54) is 24.3 Å². The summed E-state index contributed by atoms with van der Waals surface area (Å²) < 4.78 is 36.0. The molecule has 0 fully saturated rings. The number of nitrogens with two attached hydrogens (primary N) is 1. The Morgan fingerprint density at radius 3 is 2.20 bits per heavy atom. The average molecular weight is 214 g/mol. The summed E-state index contributed by atoms with van der Waals surface area (Å²) in [4.78, 5) is 0.